The lowest BCUT2D eigenvalue weighted by atomic mass is 9.66. The summed E-state index contributed by atoms with van der Waals surface area (Å²) in [6.45, 7) is 7.46. The van der Waals surface area contributed by atoms with Crippen molar-refractivity contribution in [2.24, 2.45) is 5.92 Å². The average Bonchev–Trinajstić information content (AvgIpc) is 3.32. The highest BCUT2D eigenvalue weighted by atomic mass is 19.1. The highest BCUT2D eigenvalue weighted by Gasteiger charge is 2.36. The Morgan fingerprint density at radius 3 is 2.60 bits per heavy atom. The average molecular weight is 410 g/mol. The van der Waals surface area contributed by atoms with Crippen LogP contribution in [0.4, 0.5) is 10.2 Å². The Morgan fingerprint density at radius 2 is 1.93 bits per heavy atom. The number of aliphatic hydroxyl groups is 1. The van der Waals surface area contributed by atoms with Crippen molar-refractivity contribution in [2.45, 2.75) is 57.5 Å². The molecule has 0 unspecified atom stereocenters. The molecule has 1 atom stereocenters. The molecule has 7 heteroatoms. The second-order valence-electron chi connectivity index (χ2n) is 9.68. The van der Waals surface area contributed by atoms with Crippen LogP contribution < -0.4 is 4.90 Å². The van der Waals surface area contributed by atoms with Gasteiger partial charge in [-0.2, -0.15) is 5.10 Å². The number of halogens is 1. The molecule has 0 bridgehead atoms. The molecule has 30 heavy (non-hydrogen) atoms. The predicted octanol–water partition coefficient (Wildman–Crippen LogP) is 3.99. The summed E-state index contributed by atoms with van der Waals surface area (Å²) in [4.78, 5) is 11.1. The van der Waals surface area contributed by atoms with Gasteiger partial charge in [0, 0.05) is 30.5 Å². The molecule has 1 saturated carbocycles. The van der Waals surface area contributed by atoms with E-state index in [0.717, 1.165) is 61.1 Å². The van der Waals surface area contributed by atoms with Crippen LogP contribution >= 0.6 is 0 Å². The minimum Gasteiger partial charge on any atom is -0.390 e. The Bertz CT molecular complexity index is 1100. The fourth-order valence-electron chi connectivity index (χ4n) is 4.84. The fraction of sp³-hybridized carbons (Fsp3) is 0.522. The third-order valence-corrected chi connectivity index (χ3v) is 7.13. The first-order valence-electron chi connectivity index (χ1n) is 10.7. The predicted molar refractivity (Wildman–Crippen MR) is 114 cm³/mol. The molecular weight excluding hydrogens is 381 g/mol. The second-order valence-corrected chi connectivity index (χ2v) is 9.68. The van der Waals surface area contributed by atoms with Gasteiger partial charge in [0.15, 0.2) is 5.82 Å². The van der Waals surface area contributed by atoms with Crippen LogP contribution in [-0.2, 0) is 5.41 Å². The molecule has 1 aliphatic carbocycles. The third kappa shape index (κ3) is 3.16. The van der Waals surface area contributed by atoms with E-state index in [-0.39, 0.29) is 17.2 Å². The Morgan fingerprint density at radius 1 is 1.17 bits per heavy atom. The van der Waals surface area contributed by atoms with Crippen LogP contribution in [0.25, 0.3) is 16.7 Å². The number of hydrogen-bond acceptors (Lipinski definition) is 5. The lowest BCUT2D eigenvalue weighted by molar-refractivity contribution is 0.0263. The number of benzene rings is 1. The molecule has 1 N–H and O–H groups in total. The summed E-state index contributed by atoms with van der Waals surface area (Å²) in [6, 6.07) is 5.46. The van der Waals surface area contributed by atoms with Gasteiger partial charge < -0.3 is 10.0 Å². The number of hydrogen-bond donors (Lipinski definition) is 1. The fourth-order valence-corrected chi connectivity index (χ4v) is 4.84. The van der Waals surface area contributed by atoms with Crippen LogP contribution in [0, 0.1) is 11.7 Å². The van der Waals surface area contributed by atoms with Crippen molar-refractivity contribution >= 4 is 16.7 Å². The van der Waals surface area contributed by atoms with Crippen molar-refractivity contribution in [3.63, 3.8) is 0 Å². The molecule has 1 aliphatic heterocycles. The number of nitrogens with zero attached hydrogens (tertiary/aromatic N) is 5. The number of aromatic nitrogens is 4. The normalized spacial score (nSPS) is 21.2. The Kier molecular flexibility index (Phi) is 4.36. The molecule has 0 spiro atoms. The quantitative estimate of drug-likeness (QED) is 0.706. The van der Waals surface area contributed by atoms with Crippen LogP contribution in [-0.4, -0.2) is 43.5 Å². The zero-order valence-corrected chi connectivity index (χ0v) is 17.8. The lowest BCUT2D eigenvalue weighted by Crippen LogP contribution is -2.33. The van der Waals surface area contributed by atoms with Crippen LogP contribution in [0.2, 0.25) is 0 Å². The third-order valence-electron chi connectivity index (χ3n) is 7.13. The number of rotatable bonds is 4. The van der Waals surface area contributed by atoms with E-state index in [0.29, 0.717) is 5.82 Å². The molecule has 1 aromatic carbocycles. The molecule has 0 radical (unpaired) electrons. The van der Waals surface area contributed by atoms with Crippen LogP contribution in [0.3, 0.4) is 0 Å². The zero-order valence-electron chi connectivity index (χ0n) is 17.8. The zero-order chi connectivity index (χ0) is 21.1. The highest BCUT2D eigenvalue weighted by molar-refractivity contribution is 5.81. The lowest BCUT2D eigenvalue weighted by Gasteiger charge is -2.39. The summed E-state index contributed by atoms with van der Waals surface area (Å²) in [6.07, 6.45) is 7.33. The number of anilines is 1. The van der Waals surface area contributed by atoms with Crippen molar-refractivity contribution < 1.29 is 9.50 Å². The monoisotopic (exact) mass is 409 g/mol. The summed E-state index contributed by atoms with van der Waals surface area (Å²) in [7, 11) is 0. The summed E-state index contributed by atoms with van der Waals surface area (Å²) < 4.78 is 16.5. The SMILES string of the molecule is CC1(c2cc3c(cnn3-c3cc(N4CC[C@@H](C(C)(C)O)C4)ncn3)cc2F)CCC1. The van der Waals surface area contributed by atoms with Gasteiger partial charge in [-0.15, -0.1) is 0 Å². The van der Waals surface area contributed by atoms with Gasteiger partial charge in [0.05, 0.1) is 17.3 Å². The molecule has 2 aromatic heterocycles. The van der Waals surface area contributed by atoms with Gasteiger partial charge in [0.2, 0.25) is 0 Å². The van der Waals surface area contributed by atoms with Gasteiger partial charge in [0.25, 0.3) is 0 Å². The van der Waals surface area contributed by atoms with E-state index >= 15 is 0 Å². The maximum Gasteiger partial charge on any atom is 0.159 e. The Labute approximate surface area is 175 Å². The van der Waals surface area contributed by atoms with Gasteiger partial charge in [-0.1, -0.05) is 13.3 Å². The summed E-state index contributed by atoms with van der Waals surface area (Å²) in [5.41, 5.74) is 0.831. The van der Waals surface area contributed by atoms with Crippen LogP contribution in [0.5, 0.6) is 0 Å². The van der Waals surface area contributed by atoms with Crippen LogP contribution in [0.1, 0.15) is 52.0 Å². The van der Waals surface area contributed by atoms with Crippen molar-refractivity contribution in [2.75, 3.05) is 18.0 Å². The van der Waals surface area contributed by atoms with E-state index in [9.17, 15) is 9.50 Å². The first kappa shape index (κ1) is 19.4. The molecule has 158 valence electrons. The largest absolute Gasteiger partial charge is 0.390 e. The Hall–Kier alpha value is -2.54. The molecule has 2 fully saturated rings. The maximum absolute atomic E-state index is 14.8. The molecule has 3 aromatic rings. The van der Waals surface area contributed by atoms with E-state index in [1.807, 2.05) is 26.0 Å². The van der Waals surface area contributed by atoms with E-state index < -0.39 is 5.60 Å². The van der Waals surface area contributed by atoms with Crippen molar-refractivity contribution in [3.8, 4) is 5.82 Å². The molecule has 2 aliphatic rings. The summed E-state index contributed by atoms with van der Waals surface area (Å²) in [5.74, 6) is 1.54. The maximum atomic E-state index is 14.8. The van der Waals surface area contributed by atoms with Gasteiger partial charge in [-0.25, -0.2) is 19.0 Å². The molecule has 5 rings (SSSR count). The van der Waals surface area contributed by atoms with E-state index in [4.69, 9.17) is 0 Å². The van der Waals surface area contributed by atoms with Crippen molar-refractivity contribution in [1.29, 1.82) is 0 Å². The first-order valence-corrected chi connectivity index (χ1v) is 10.7. The number of fused-ring (bicyclic) bond motifs is 1. The summed E-state index contributed by atoms with van der Waals surface area (Å²) >= 11 is 0. The van der Waals surface area contributed by atoms with Gasteiger partial charge in [-0.3, -0.25) is 0 Å². The van der Waals surface area contributed by atoms with E-state index in [2.05, 4.69) is 26.9 Å². The van der Waals surface area contributed by atoms with Crippen LogP contribution in [0.15, 0.2) is 30.7 Å². The van der Waals surface area contributed by atoms with Crippen molar-refractivity contribution in [1.82, 2.24) is 19.7 Å². The molecule has 0 amide bonds. The minimum atomic E-state index is -0.707. The second kappa shape index (κ2) is 6.74. The van der Waals surface area contributed by atoms with Crippen molar-refractivity contribution in [3.05, 3.63) is 42.1 Å². The molecule has 3 heterocycles. The summed E-state index contributed by atoms with van der Waals surface area (Å²) in [5, 5.41) is 15.6. The topological polar surface area (TPSA) is 67.1 Å². The smallest absolute Gasteiger partial charge is 0.159 e. The molecule has 1 saturated heterocycles. The standard InChI is InChI=1S/C23H28FN5O/c1-22(2,30)16-5-8-28(13-16)20-11-21(26-14-25-20)29-19-10-17(23(3)6-4-7-23)18(24)9-15(19)12-27-29/h9-12,14,16,30H,4-8,13H2,1-3H3/t16-/m1/s1. The minimum absolute atomic E-state index is 0.0914. The molecular formula is C23H28FN5O. The highest BCUT2D eigenvalue weighted by Crippen LogP contribution is 2.45. The van der Waals surface area contributed by atoms with Gasteiger partial charge in [0.1, 0.15) is 18.0 Å². The van der Waals surface area contributed by atoms with Gasteiger partial charge >= 0.3 is 0 Å². The Balaban J connectivity index is 1.51. The van der Waals surface area contributed by atoms with Gasteiger partial charge in [-0.05, 0) is 56.2 Å². The van der Waals surface area contributed by atoms with E-state index in [1.165, 1.54) is 0 Å². The molecule has 6 nitrogen and oxygen atoms in total. The van der Waals surface area contributed by atoms with E-state index in [1.54, 1.807) is 23.3 Å². The first-order chi connectivity index (χ1) is 14.2.